The number of methoxy groups -OCH3 is 1. The summed E-state index contributed by atoms with van der Waals surface area (Å²) in [6.45, 7) is 17.5. The highest BCUT2D eigenvalue weighted by atomic mass is 16.5. The van der Waals surface area contributed by atoms with Crippen LogP contribution in [0.3, 0.4) is 0 Å². The second-order valence-electron chi connectivity index (χ2n) is 17.3. The summed E-state index contributed by atoms with van der Waals surface area (Å²) >= 11 is 0. The molecule has 4 saturated carbocycles. The average molecular weight is 589 g/mol. The zero-order valence-electron chi connectivity index (χ0n) is 28.6. The highest BCUT2D eigenvalue weighted by molar-refractivity contribution is 5.86. The highest BCUT2D eigenvalue weighted by Crippen LogP contribution is 2.75. The van der Waals surface area contributed by atoms with Gasteiger partial charge in [0.1, 0.15) is 11.5 Å². The number of benzene rings is 1. The number of rotatable bonds is 6. The molecule has 0 bridgehead atoms. The van der Waals surface area contributed by atoms with Gasteiger partial charge in [-0.15, -0.1) is 0 Å². The van der Waals surface area contributed by atoms with Gasteiger partial charge >= 0.3 is 0 Å². The molecule has 43 heavy (non-hydrogen) atoms. The molecule has 238 valence electrons. The van der Waals surface area contributed by atoms with E-state index in [2.05, 4.69) is 66.7 Å². The Morgan fingerprint density at radius 2 is 1.63 bits per heavy atom. The molecule has 0 saturated heterocycles. The van der Waals surface area contributed by atoms with Gasteiger partial charge in [-0.05, 0) is 140 Å². The Balaban J connectivity index is 1.30. The number of ketones is 1. The molecule has 0 amide bonds. The van der Waals surface area contributed by atoms with Gasteiger partial charge in [0.2, 0.25) is 0 Å². The first-order valence-electron chi connectivity index (χ1n) is 17.8. The van der Waals surface area contributed by atoms with Gasteiger partial charge in [0.25, 0.3) is 0 Å². The van der Waals surface area contributed by atoms with Crippen LogP contribution in [0.15, 0.2) is 35.9 Å². The first-order chi connectivity index (χ1) is 20.2. The summed E-state index contributed by atoms with van der Waals surface area (Å²) in [5.74, 6) is 4.25. The minimum Gasteiger partial charge on any atom is -0.497 e. The Labute approximate surface area is 262 Å². The third-order valence-electron chi connectivity index (χ3n) is 15.6. The number of aryl methyl sites for hydroxylation is 1. The summed E-state index contributed by atoms with van der Waals surface area (Å²) < 4.78 is 5.34. The predicted molar refractivity (Wildman–Crippen MR) is 176 cm³/mol. The number of fused-ring (bicyclic) bond motifs is 7. The van der Waals surface area contributed by atoms with E-state index in [0.717, 1.165) is 57.1 Å². The van der Waals surface area contributed by atoms with Gasteiger partial charge in [0.05, 0.1) is 13.2 Å². The lowest BCUT2D eigenvalue weighted by molar-refractivity contribution is -0.204. The van der Waals surface area contributed by atoms with Crippen LogP contribution in [0.4, 0.5) is 0 Å². The van der Waals surface area contributed by atoms with Crippen molar-refractivity contribution in [3.05, 3.63) is 41.5 Å². The number of aliphatic hydroxyl groups excluding tert-OH is 1. The first-order valence-corrected chi connectivity index (χ1v) is 17.8. The molecular formula is C40H60O3. The van der Waals surface area contributed by atoms with E-state index in [9.17, 15) is 9.90 Å². The Hall–Kier alpha value is -1.61. The van der Waals surface area contributed by atoms with E-state index in [0.29, 0.717) is 41.8 Å². The lowest BCUT2D eigenvalue weighted by Gasteiger charge is -2.71. The highest BCUT2D eigenvalue weighted by Gasteiger charge is 2.69. The molecule has 3 heteroatoms. The summed E-state index contributed by atoms with van der Waals surface area (Å²) in [4.78, 5) is 14.5. The molecule has 0 aromatic heterocycles. The summed E-state index contributed by atoms with van der Waals surface area (Å²) in [5.41, 5.74) is 3.42. The van der Waals surface area contributed by atoms with Crippen molar-refractivity contribution in [2.24, 2.45) is 56.7 Å². The smallest absolute Gasteiger partial charge is 0.139 e. The van der Waals surface area contributed by atoms with Crippen LogP contribution in [0.2, 0.25) is 0 Å². The lowest BCUT2D eigenvalue weighted by atomic mass is 9.33. The molecule has 4 fully saturated rings. The van der Waals surface area contributed by atoms with Crippen molar-refractivity contribution < 1.29 is 14.6 Å². The summed E-state index contributed by atoms with van der Waals surface area (Å²) in [7, 11) is 1.71. The molecule has 0 spiro atoms. The summed E-state index contributed by atoms with van der Waals surface area (Å²) in [5, 5.41) is 11.1. The van der Waals surface area contributed by atoms with Crippen molar-refractivity contribution in [3.63, 3.8) is 0 Å². The van der Waals surface area contributed by atoms with E-state index in [1.54, 1.807) is 12.7 Å². The van der Waals surface area contributed by atoms with E-state index in [1.807, 2.05) is 12.1 Å². The molecule has 0 unspecified atom stereocenters. The summed E-state index contributed by atoms with van der Waals surface area (Å²) in [6.07, 6.45) is 15.3. The van der Waals surface area contributed by atoms with Crippen LogP contribution in [0.5, 0.6) is 5.75 Å². The monoisotopic (exact) mass is 588 g/mol. The molecular weight excluding hydrogens is 528 g/mol. The van der Waals surface area contributed by atoms with Crippen molar-refractivity contribution >= 4 is 5.78 Å². The minimum atomic E-state index is -0.184. The van der Waals surface area contributed by atoms with E-state index in [-0.39, 0.29) is 33.2 Å². The molecule has 3 nitrogen and oxygen atoms in total. The third-order valence-corrected chi connectivity index (χ3v) is 15.6. The Bertz CT molecular complexity index is 1240. The van der Waals surface area contributed by atoms with Gasteiger partial charge in [-0.1, -0.05) is 72.2 Å². The predicted octanol–water partition coefficient (Wildman–Crippen LogP) is 9.61. The summed E-state index contributed by atoms with van der Waals surface area (Å²) in [6, 6.07) is 8.36. The second-order valence-corrected chi connectivity index (χ2v) is 17.3. The first kappa shape index (κ1) is 31.4. The van der Waals surface area contributed by atoms with Crippen molar-refractivity contribution in [1.82, 2.24) is 0 Å². The van der Waals surface area contributed by atoms with Crippen LogP contribution in [0, 0.1) is 56.7 Å². The minimum absolute atomic E-state index is 0.0213. The lowest BCUT2D eigenvalue weighted by Crippen LogP contribution is -2.65. The van der Waals surface area contributed by atoms with Gasteiger partial charge in [-0.25, -0.2) is 0 Å². The van der Waals surface area contributed by atoms with Crippen LogP contribution in [-0.4, -0.2) is 24.1 Å². The fraction of sp³-hybridized carbons (Fsp3) is 0.775. The Morgan fingerprint density at radius 3 is 2.33 bits per heavy atom. The number of allylic oxidation sites excluding steroid dienone is 2. The Kier molecular flexibility index (Phi) is 7.84. The van der Waals surface area contributed by atoms with Gasteiger partial charge in [0, 0.05) is 11.8 Å². The quantitative estimate of drug-likeness (QED) is 0.337. The zero-order chi connectivity index (χ0) is 31.0. The second kappa shape index (κ2) is 10.7. The van der Waals surface area contributed by atoms with Gasteiger partial charge in [-0.3, -0.25) is 4.79 Å². The van der Waals surface area contributed by atoms with Gasteiger partial charge < -0.3 is 9.84 Å². The van der Waals surface area contributed by atoms with E-state index >= 15 is 0 Å². The van der Waals surface area contributed by atoms with Crippen LogP contribution in [0.25, 0.3) is 0 Å². The standard InChI is InChI=1S/C40H60O3/c1-26-18-23-40(34(42)11-9-10-28-12-14-29(43-8)15-13-28)25-24-38(6)30(35(40)27(26)2)16-17-32-37(5)21-20-33(41)36(3,4)31(37)19-22-39(32,38)7/h12-16,26-27,31-33,35,41H,9-11,17-25H2,1-8H3/t26-,27+,31+,32-,33+,35+,37+,38-,39-,40-/m1/s1. The maximum atomic E-state index is 14.5. The number of ether oxygens (including phenoxy) is 1. The molecule has 5 aliphatic rings. The van der Waals surface area contributed by atoms with E-state index < -0.39 is 0 Å². The van der Waals surface area contributed by atoms with Crippen molar-refractivity contribution in [3.8, 4) is 5.75 Å². The molecule has 0 aliphatic heterocycles. The molecule has 6 rings (SSSR count). The largest absolute Gasteiger partial charge is 0.497 e. The van der Waals surface area contributed by atoms with Crippen molar-refractivity contribution in [2.45, 2.75) is 132 Å². The maximum absolute atomic E-state index is 14.5. The molecule has 1 N–H and O–H groups in total. The normalized spacial score (nSPS) is 45.1. The zero-order valence-corrected chi connectivity index (χ0v) is 28.6. The number of aliphatic hydroxyl groups is 1. The third kappa shape index (κ3) is 4.47. The van der Waals surface area contributed by atoms with Crippen molar-refractivity contribution in [2.75, 3.05) is 7.11 Å². The van der Waals surface area contributed by atoms with Gasteiger partial charge in [0.15, 0.2) is 0 Å². The van der Waals surface area contributed by atoms with E-state index in [4.69, 9.17) is 4.74 Å². The van der Waals surface area contributed by atoms with Crippen LogP contribution in [-0.2, 0) is 11.2 Å². The molecule has 1 aromatic carbocycles. The number of hydrogen-bond donors (Lipinski definition) is 1. The SMILES string of the molecule is COc1ccc(CCCC(=O)[C@]23CC[C@@H](C)[C@H](C)[C@H]2C2=CC[C@@H]4[C@@]5(C)CC[C@H](O)C(C)(C)[C@@H]5CC[C@@]4(C)[C@]2(C)CC3)cc1. The number of hydrogen-bond acceptors (Lipinski definition) is 3. The molecule has 10 atom stereocenters. The fourth-order valence-electron chi connectivity index (χ4n) is 12.4. The fourth-order valence-corrected chi connectivity index (χ4v) is 12.4. The topological polar surface area (TPSA) is 46.5 Å². The molecule has 0 heterocycles. The number of Topliss-reactive ketones (excluding diaryl/α,β-unsaturated/α-hetero) is 1. The van der Waals surface area contributed by atoms with Gasteiger partial charge in [-0.2, -0.15) is 0 Å². The molecule has 5 aliphatic carbocycles. The average Bonchev–Trinajstić information content (AvgIpc) is 2.97. The maximum Gasteiger partial charge on any atom is 0.139 e. The Morgan fingerprint density at radius 1 is 0.907 bits per heavy atom. The molecule has 0 radical (unpaired) electrons. The van der Waals surface area contributed by atoms with Crippen LogP contribution in [0.1, 0.15) is 125 Å². The van der Waals surface area contributed by atoms with E-state index in [1.165, 1.54) is 24.8 Å². The molecule has 1 aromatic rings. The number of carbonyl (C=O) groups is 1. The van der Waals surface area contributed by atoms with Crippen LogP contribution >= 0.6 is 0 Å². The van der Waals surface area contributed by atoms with Crippen molar-refractivity contribution in [1.29, 1.82) is 0 Å². The van der Waals surface area contributed by atoms with Crippen LogP contribution < -0.4 is 4.74 Å². The number of carbonyl (C=O) groups excluding carboxylic acids is 1.